The van der Waals surface area contributed by atoms with Gasteiger partial charge in [-0.1, -0.05) is 20.3 Å². The number of aliphatic imine (C=N–C) groups is 1. The van der Waals surface area contributed by atoms with Crippen molar-refractivity contribution in [1.82, 2.24) is 5.32 Å². The van der Waals surface area contributed by atoms with E-state index in [2.05, 4.69) is 10.3 Å². The van der Waals surface area contributed by atoms with Crippen LogP contribution >= 0.6 is 11.8 Å². The molecule has 1 unspecified atom stereocenters. The highest BCUT2D eigenvalue weighted by atomic mass is 32.2. The largest absolute Gasteiger partial charge is 0.462 e. The molecule has 0 aromatic rings. The van der Waals surface area contributed by atoms with Crippen LogP contribution in [0.25, 0.3) is 0 Å². The Morgan fingerprint density at radius 3 is 2.54 bits per heavy atom. The van der Waals surface area contributed by atoms with Crippen LogP contribution in [0.3, 0.4) is 0 Å². The number of nitrogens with zero attached hydrogens (tertiary/aromatic N) is 1. The Labute approximate surface area is 147 Å². The lowest BCUT2D eigenvalue weighted by Crippen LogP contribution is -2.46. The number of amides is 1. The van der Waals surface area contributed by atoms with Crippen LogP contribution in [0, 0.1) is 5.92 Å². The SMILES string of the molecule is CCOC(=O)C1(O)CSC([C@H](NC(=O)OC(C)(C)C)[C@@H](C)CC)=N1. The highest BCUT2D eigenvalue weighted by Crippen LogP contribution is 2.31. The highest BCUT2D eigenvalue weighted by molar-refractivity contribution is 8.14. The number of ether oxygens (including phenoxy) is 2. The number of aliphatic hydroxyl groups is 1. The van der Waals surface area contributed by atoms with Gasteiger partial charge in [-0.3, -0.25) is 0 Å². The number of rotatable bonds is 6. The minimum absolute atomic E-state index is 0.0633. The summed E-state index contributed by atoms with van der Waals surface area (Å²) in [7, 11) is 0. The maximum Gasteiger partial charge on any atom is 0.408 e. The van der Waals surface area contributed by atoms with Crippen molar-refractivity contribution in [3.63, 3.8) is 0 Å². The molecule has 0 bridgehead atoms. The second kappa shape index (κ2) is 8.20. The lowest BCUT2D eigenvalue weighted by Gasteiger charge is -2.26. The van der Waals surface area contributed by atoms with Crippen LogP contribution in [-0.2, 0) is 14.3 Å². The number of alkyl carbamates (subject to hydrolysis) is 1. The molecule has 1 heterocycles. The molecule has 0 aromatic heterocycles. The van der Waals surface area contributed by atoms with Crippen LogP contribution in [0.5, 0.6) is 0 Å². The first-order chi connectivity index (χ1) is 11.0. The topological polar surface area (TPSA) is 97.2 Å². The second-order valence-corrected chi connectivity index (χ2v) is 7.78. The van der Waals surface area contributed by atoms with Gasteiger partial charge in [0.05, 0.1) is 23.4 Å². The van der Waals surface area contributed by atoms with Crippen molar-refractivity contribution in [3.05, 3.63) is 0 Å². The fourth-order valence-electron chi connectivity index (χ4n) is 2.05. The molecule has 7 nitrogen and oxygen atoms in total. The van der Waals surface area contributed by atoms with E-state index >= 15 is 0 Å². The molecule has 1 amide bonds. The smallest absolute Gasteiger partial charge is 0.408 e. The first kappa shape index (κ1) is 20.8. The molecular weight excluding hydrogens is 332 g/mol. The van der Waals surface area contributed by atoms with Gasteiger partial charge in [0.2, 0.25) is 0 Å². The molecule has 138 valence electrons. The second-order valence-electron chi connectivity index (χ2n) is 6.79. The van der Waals surface area contributed by atoms with Crippen molar-refractivity contribution in [2.24, 2.45) is 10.9 Å². The van der Waals surface area contributed by atoms with Crippen molar-refractivity contribution < 1.29 is 24.2 Å². The quantitative estimate of drug-likeness (QED) is 0.706. The molecule has 0 fully saturated rings. The van der Waals surface area contributed by atoms with E-state index in [4.69, 9.17) is 9.47 Å². The van der Waals surface area contributed by atoms with Gasteiger partial charge in [0.25, 0.3) is 5.72 Å². The molecule has 0 spiro atoms. The fraction of sp³-hybridized carbons (Fsp3) is 0.812. The molecule has 0 saturated carbocycles. The molecule has 0 radical (unpaired) electrons. The van der Waals surface area contributed by atoms with Gasteiger partial charge in [0.15, 0.2) is 0 Å². The molecule has 3 atom stereocenters. The Morgan fingerprint density at radius 1 is 1.42 bits per heavy atom. The lowest BCUT2D eigenvalue weighted by molar-refractivity contribution is -0.161. The highest BCUT2D eigenvalue weighted by Gasteiger charge is 2.45. The average Bonchev–Trinajstić information content (AvgIpc) is 2.86. The van der Waals surface area contributed by atoms with Gasteiger partial charge in [-0.15, -0.1) is 11.8 Å². The summed E-state index contributed by atoms with van der Waals surface area (Å²) in [6, 6.07) is -0.432. The van der Waals surface area contributed by atoms with E-state index in [1.54, 1.807) is 27.7 Å². The third-order valence-corrected chi connectivity index (χ3v) is 4.66. The first-order valence-electron chi connectivity index (χ1n) is 8.14. The van der Waals surface area contributed by atoms with Crippen molar-refractivity contribution in [3.8, 4) is 0 Å². The Bertz CT molecular complexity index is 503. The van der Waals surface area contributed by atoms with E-state index in [1.165, 1.54) is 11.8 Å². The summed E-state index contributed by atoms with van der Waals surface area (Å²) in [5, 5.41) is 13.7. The van der Waals surface area contributed by atoms with Gasteiger partial charge in [0.1, 0.15) is 5.60 Å². The number of nitrogens with one attached hydrogen (secondary N) is 1. The monoisotopic (exact) mass is 360 g/mol. The molecule has 0 aliphatic carbocycles. The van der Waals surface area contributed by atoms with Crippen LogP contribution in [0.2, 0.25) is 0 Å². The zero-order valence-corrected chi connectivity index (χ0v) is 16.0. The molecule has 24 heavy (non-hydrogen) atoms. The number of carbonyl (C=O) groups excluding carboxylic acids is 2. The zero-order valence-electron chi connectivity index (χ0n) is 15.2. The first-order valence-corrected chi connectivity index (χ1v) is 9.12. The summed E-state index contributed by atoms with van der Waals surface area (Å²) >= 11 is 1.24. The van der Waals surface area contributed by atoms with Crippen LogP contribution in [-0.4, -0.2) is 51.9 Å². The minimum atomic E-state index is -1.89. The van der Waals surface area contributed by atoms with E-state index < -0.39 is 29.4 Å². The van der Waals surface area contributed by atoms with E-state index in [1.807, 2.05) is 13.8 Å². The lowest BCUT2D eigenvalue weighted by atomic mass is 10.00. The van der Waals surface area contributed by atoms with Crippen molar-refractivity contribution in [2.75, 3.05) is 12.4 Å². The molecule has 2 N–H and O–H groups in total. The third-order valence-electron chi connectivity index (χ3n) is 3.47. The predicted molar refractivity (Wildman–Crippen MR) is 94.1 cm³/mol. The van der Waals surface area contributed by atoms with E-state index in [0.29, 0.717) is 5.04 Å². The summed E-state index contributed by atoms with van der Waals surface area (Å²) in [5.74, 6) is -0.634. The van der Waals surface area contributed by atoms with Crippen molar-refractivity contribution in [1.29, 1.82) is 0 Å². The van der Waals surface area contributed by atoms with E-state index in [0.717, 1.165) is 6.42 Å². The van der Waals surface area contributed by atoms with Gasteiger partial charge >= 0.3 is 12.1 Å². The molecule has 1 aliphatic heterocycles. The van der Waals surface area contributed by atoms with Crippen molar-refractivity contribution in [2.45, 2.75) is 65.3 Å². The normalized spacial score (nSPS) is 23.2. The standard InChI is InChI=1S/C16H28N2O5S/c1-7-10(3)11(17-14(20)23-15(4,5)6)12-18-16(21,9-24-12)13(19)22-8-2/h10-11,21H,7-9H2,1-6H3,(H,17,20)/t10-,11+,16?/m0/s1. The Balaban J connectivity index is 2.93. The van der Waals surface area contributed by atoms with Gasteiger partial charge in [-0.05, 0) is 33.6 Å². The number of hydrogen-bond donors (Lipinski definition) is 2. The predicted octanol–water partition coefficient (Wildman–Crippen LogP) is 2.32. The maximum atomic E-state index is 12.1. The van der Waals surface area contributed by atoms with Crippen LogP contribution < -0.4 is 5.32 Å². The summed E-state index contributed by atoms with van der Waals surface area (Å²) in [6.45, 7) is 11.1. The Morgan fingerprint density at radius 2 is 2.04 bits per heavy atom. The minimum Gasteiger partial charge on any atom is -0.462 e. The summed E-state index contributed by atoms with van der Waals surface area (Å²) < 4.78 is 10.2. The molecule has 8 heteroatoms. The van der Waals surface area contributed by atoms with Crippen molar-refractivity contribution >= 4 is 28.9 Å². The Kier molecular flexibility index (Phi) is 7.10. The van der Waals surface area contributed by atoms with Gasteiger partial charge in [0, 0.05) is 0 Å². The van der Waals surface area contributed by atoms with Gasteiger partial charge < -0.3 is 19.9 Å². The average molecular weight is 360 g/mol. The van der Waals surface area contributed by atoms with E-state index in [9.17, 15) is 14.7 Å². The Hall–Kier alpha value is -1.28. The van der Waals surface area contributed by atoms with Gasteiger partial charge in [-0.25, -0.2) is 14.6 Å². The fourth-order valence-corrected chi connectivity index (χ4v) is 3.27. The van der Waals surface area contributed by atoms with E-state index in [-0.39, 0.29) is 18.3 Å². The molecular formula is C16H28N2O5S. The zero-order chi connectivity index (χ0) is 18.5. The molecule has 1 aliphatic rings. The number of hydrogen-bond acceptors (Lipinski definition) is 7. The van der Waals surface area contributed by atoms with Crippen LogP contribution in [0.4, 0.5) is 4.79 Å². The van der Waals surface area contributed by atoms with Crippen LogP contribution in [0.1, 0.15) is 48.0 Å². The third kappa shape index (κ3) is 5.66. The van der Waals surface area contributed by atoms with Crippen LogP contribution in [0.15, 0.2) is 4.99 Å². The molecule has 1 rings (SSSR count). The summed E-state index contributed by atoms with van der Waals surface area (Å²) in [6.07, 6.45) is 0.236. The summed E-state index contributed by atoms with van der Waals surface area (Å²) in [4.78, 5) is 28.1. The molecule has 0 aromatic carbocycles. The summed E-state index contributed by atoms with van der Waals surface area (Å²) in [5.41, 5.74) is -2.50. The number of thioether (sulfide) groups is 1. The molecule has 0 saturated heterocycles. The maximum absolute atomic E-state index is 12.1. The number of esters is 1. The van der Waals surface area contributed by atoms with Gasteiger partial charge in [-0.2, -0.15) is 0 Å². The number of carbonyl (C=O) groups is 2.